The maximum Gasteiger partial charge on any atom is 0.203 e. The average Bonchev–Trinajstić information content (AvgIpc) is 2.55. The van der Waals surface area contributed by atoms with Crippen LogP contribution in [0.25, 0.3) is 0 Å². The fourth-order valence-electron chi connectivity index (χ4n) is 2.79. The quantitative estimate of drug-likeness (QED) is 0.769. The van der Waals surface area contributed by atoms with E-state index in [0.29, 0.717) is 17.4 Å². The highest BCUT2D eigenvalue weighted by molar-refractivity contribution is 5.55. The van der Waals surface area contributed by atoms with Crippen molar-refractivity contribution >= 4 is 0 Å². The molecule has 3 nitrogen and oxygen atoms in total. The number of ether oxygens (including phenoxy) is 3. The zero-order chi connectivity index (χ0) is 15.9. The summed E-state index contributed by atoms with van der Waals surface area (Å²) in [5, 5.41) is 0. The van der Waals surface area contributed by atoms with Gasteiger partial charge in [-0.05, 0) is 36.0 Å². The summed E-state index contributed by atoms with van der Waals surface area (Å²) in [6.45, 7) is 2.25. The minimum atomic E-state index is 0.509. The van der Waals surface area contributed by atoms with E-state index in [-0.39, 0.29) is 0 Å². The van der Waals surface area contributed by atoms with Crippen molar-refractivity contribution in [2.24, 2.45) is 5.92 Å². The van der Waals surface area contributed by atoms with E-state index in [1.165, 1.54) is 5.56 Å². The lowest BCUT2D eigenvalue weighted by atomic mass is 9.93. The molecule has 0 aromatic heterocycles. The summed E-state index contributed by atoms with van der Waals surface area (Å²) in [6.07, 6.45) is 1.97. The molecule has 1 unspecified atom stereocenters. The highest BCUT2D eigenvalue weighted by atomic mass is 16.5. The first kappa shape index (κ1) is 16.2. The number of methoxy groups -OCH3 is 3. The number of benzene rings is 2. The van der Waals surface area contributed by atoms with Gasteiger partial charge in [-0.3, -0.25) is 0 Å². The first-order valence-corrected chi connectivity index (χ1v) is 7.51. The van der Waals surface area contributed by atoms with E-state index in [0.717, 1.165) is 24.2 Å². The van der Waals surface area contributed by atoms with Gasteiger partial charge in [0, 0.05) is 0 Å². The van der Waals surface area contributed by atoms with Gasteiger partial charge >= 0.3 is 0 Å². The van der Waals surface area contributed by atoms with E-state index in [4.69, 9.17) is 14.2 Å². The lowest BCUT2D eigenvalue weighted by molar-refractivity contribution is 0.321. The fraction of sp³-hybridized carbons (Fsp3) is 0.368. The van der Waals surface area contributed by atoms with Crippen molar-refractivity contribution in [3.63, 3.8) is 0 Å². The SMILES string of the molecule is COc1ccc(CC(C)Cc2ccccc2)c(OC)c1OC. The third-order valence-corrected chi connectivity index (χ3v) is 3.78. The molecule has 0 N–H and O–H groups in total. The Kier molecular flexibility index (Phi) is 5.70. The Morgan fingerprint density at radius 2 is 1.45 bits per heavy atom. The lowest BCUT2D eigenvalue weighted by Gasteiger charge is -2.18. The van der Waals surface area contributed by atoms with Gasteiger partial charge < -0.3 is 14.2 Å². The standard InChI is InChI=1S/C19H24O3/c1-14(12-15-8-6-5-7-9-15)13-16-10-11-17(20-2)19(22-4)18(16)21-3/h5-11,14H,12-13H2,1-4H3. The normalized spacial score (nSPS) is 11.8. The van der Waals surface area contributed by atoms with Crippen LogP contribution < -0.4 is 14.2 Å². The molecular formula is C19H24O3. The Morgan fingerprint density at radius 3 is 2.05 bits per heavy atom. The van der Waals surface area contributed by atoms with E-state index < -0.39 is 0 Å². The predicted molar refractivity (Wildman–Crippen MR) is 89.1 cm³/mol. The second-order valence-electron chi connectivity index (χ2n) is 5.49. The highest BCUT2D eigenvalue weighted by Gasteiger charge is 2.17. The molecule has 2 aromatic carbocycles. The van der Waals surface area contributed by atoms with Crippen LogP contribution in [0.1, 0.15) is 18.1 Å². The van der Waals surface area contributed by atoms with Gasteiger partial charge in [0.25, 0.3) is 0 Å². The molecule has 0 bridgehead atoms. The van der Waals surface area contributed by atoms with Crippen LogP contribution in [0.2, 0.25) is 0 Å². The third-order valence-electron chi connectivity index (χ3n) is 3.78. The van der Waals surface area contributed by atoms with Gasteiger partial charge in [0.2, 0.25) is 5.75 Å². The smallest absolute Gasteiger partial charge is 0.203 e. The highest BCUT2D eigenvalue weighted by Crippen LogP contribution is 2.40. The van der Waals surface area contributed by atoms with Crippen LogP contribution in [-0.2, 0) is 12.8 Å². The summed E-state index contributed by atoms with van der Waals surface area (Å²) >= 11 is 0. The Hall–Kier alpha value is -2.16. The molecule has 0 aliphatic heterocycles. The van der Waals surface area contributed by atoms with Crippen LogP contribution in [0.5, 0.6) is 17.2 Å². The predicted octanol–water partition coefficient (Wildman–Crippen LogP) is 4.13. The topological polar surface area (TPSA) is 27.7 Å². The van der Waals surface area contributed by atoms with E-state index >= 15 is 0 Å². The molecule has 0 saturated heterocycles. The monoisotopic (exact) mass is 300 g/mol. The lowest BCUT2D eigenvalue weighted by Crippen LogP contribution is -2.06. The molecule has 0 heterocycles. The molecule has 0 amide bonds. The second-order valence-corrected chi connectivity index (χ2v) is 5.49. The maximum atomic E-state index is 5.56. The third kappa shape index (κ3) is 3.73. The Balaban J connectivity index is 2.18. The first-order valence-electron chi connectivity index (χ1n) is 7.51. The van der Waals surface area contributed by atoms with Crippen molar-refractivity contribution in [1.82, 2.24) is 0 Å². The molecule has 3 heteroatoms. The van der Waals surface area contributed by atoms with Gasteiger partial charge in [0.05, 0.1) is 21.3 Å². The average molecular weight is 300 g/mol. The number of hydrogen-bond acceptors (Lipinski definition) is 3. The van der Waals surface area contributed by atoms with Crippen molar-refractivity contribution in [2.75, 3.05) is 21.3 Å². The van der Waals surface area contributed by atoms with Crippen molar-refractivity contribution in [1.29, 1.82) is 0 Å². The summed E-state index contributed by atoms with van der Waals surface area (Å²) in [5.74, 6) is 2.63. The summed E-state index contributed by atoms with van der Waals surface area (Å²) in [5.41, 5.74) is 2.50. The zero-order valence-electron chi connectivity index (χ0n) is 13.8. The van der Waals surface area contributed by atoms with Crippen molar-refractivity contribution in [3.05, 3.63) is 53.6 Å². The molecule has 0 fully saturated rings. The minimum absolute atomic E-state index is 0.509. The van der Waals surface area contributed by atoms with E-state index in [9.17, 15) is 0 Å². The summed E-state index contributed by atoms with van der Waals surface area (Å²) in [7, 11) is 4.94. The van der Waals surface area contributed by atoms with Crippen LogP contribution in [0.4, 0.5) is 0 Å². The fourth-order valence-corrected chi connectivity index (χ4v) is 2.79. The molecule has 118 valence electrons. The van der Waals surface area contributed by atoms with Gasteiger partial charge in [0.15, 0.2) is 11.5 Å². The molecular weight excluding hydrogens is 276 g/mol. The number of hydrogen-bond donors (Lipinski definition) is 0. The van der Waals surface area contributed by atoms with E-state index in [2.05, 4.69) is 37.3 Å². The van der Waals surface area contributed by atoms with Gasteiger partial charge in [-0.2, -0.15) is 0 Å². The zero-order valence-corrected chi connectivity index (χ0v) is 13.8. The molecule has 2 aromatic rings. The van der Waals surface area contributed by atoms with Gasteiger partial charge in [-0.15, -0.1) is 0 Å². The van der Waals surface area contributed by atoms with E-state index in [1.54, 1.807) is 21.3 Å². The van der Waals surface area contributed by atoms with Crippen LogP contribution in [-0.4, -0.2) is 21.3 Å². The van der Waals surface area contributed by atoms with Crippen molar-refractivity contribution in [2.45, 2.75) is 19.8 Å². The molecule has 22 heavy (non-hydrogen) atoms. The van der Waals surface area contributed by atoms with E-state index in [1.807, 2.05) is 12.1 Å². The summed E-state index contributed by atoms with van der Waals surface area (Å²) in [4.78, 5) is 0. The number of rotatable bonds is 7. The molecule has 0 aliphatic carbocycles. The van der Waals surface area contributed by atoms with Crippen LogP contribution in [0, 0.1) is 5.92 Å². The molecule has 2 rings (SSSR count). The van der Waals surface area contributed by atoms with Gasteiger partial charge in [0.1, 0.15) is 0 Å². The minimum Gasteiger partial charge on any atom is -0.493 e. The van der Waals surface area contributed by atoms with Crippen molar-refractivity contribution < 1.29 is 14.2 Å². The largest absolute Gasteiger partial charge is 0.493 e. The van der Waals surface area contributed by atoms with Crippen molar-refractivity contribution in [3.8, 4) is 17.2 Å². The first-order chi connectivity index (χ1) is 10.7. The van der Waals surface area contributed by atoms with Gasteiger partial charge in [-0.25, -0.2) is 0 Å². The molecule has 0 saturated carbocycles. The summed E-state index contributed by atoms with van der Waals surface area (Å²) in [6, 6.07) is 14.5. The Labute approximate surface area is 132 Å². The molecule has 0 radical (unpaired) electrons. The van der Waals surface area contributed by atoms with Crippen LogP contribution in [0.3, 0.4) is 0 Å². The van der Waals surface area contributed by atoms with Crippen LogP contribution >= 0.6 is 0 Å². The molecule has 0 aliphatic rings. The maximum absolute atomic E-state index is 5.56. The second kappa shape index (κ2) is 7.74. The summed E-state index contributed by atoms with van der Waals surface area (Å²) < 4.78 is 16.3. The molecule has 1 atom stereocenters. The Morgan fingerprint density at radius 1 is 0.773 bits per heavy atom. The van der Waals surface area contributed by atoms with Gasteiger partial charge in [-0.1, -0.05) is 43.3 Å². The molecule has 0 spiro atoms. The Bertz CT molecular complexity index is 593. The van der Waals surface area contributed by atoms with Crippen LogP contribution in [0.15, 0.2) is 42.5 Å².